The molecule has 0 fully saturated rings. The lowest BCUT2D eigenvalue weighted by Gasteiger charge is -2.06. The monoisotopic (exact) mass is 457 g/mol. The lowest BCUT2D eigenvalue weighted by molar-refractivity contribution is 1.15. The maximum atomic E-state index is 5.88. The van der Waals surface area contributed by atoms with Crippen LogP contribution < -0.4 is 5.32 Å². The van der Waals surface area contributed by atoms with Gasteiger partial charge in [0.05, 0.1) is 5.69 Å². The van der Waals surface area contributed by atoms with Crippen molar-refractivity contribution in [3.8, 4) is 0 Å². The molecule has 0 saturated heterocycles. The highest BCUT2D eigenvalue weighted by molar-refractivity contribution is 14.1. The van der Waals surface area contributed by atoms with Gasteiger partial charge in [-0.2, -0.15) is 0 Å². The third-order valence-corrected chi connectivity index (χ3v) is 3.48. The van der Waals surface area contributed by atoms with E-state index >= 15 is 0 Å². The maximum absolute atomic E-state index is 5.88. The third kappa shape index (κ3) is 3.17. The topological polar surface area (TPSA) is 37.8 Å². The largest absolute Gasteiger partial charge is 0.323 e. The average molecular weight is 457 g/mol. The summed E-state index contributed by atoms with van der Waals surface area (Å²) in [6.07, 6.45) is 3.53. The lowest BCUT2D eigenvalue weighted by atomic mass is 10.3. The van der Waals surface area contributed by atoms with Gasteiger partial charge in [0.2, 0.25) is 5.95 Å². The van der Waals surface area contributed by atoms with Gasteiger partial charge in [-0.05, 0) is 63.4 Å². The summed E-state index contributed by atoms with van der Waals surface area (Å²) in [5.41, 5.74) is 0.950. The van der Waals surface area contributed by atoms with E-state index in [9.17, 15) is 0 Å². The summed E-state index contributed by atoms with van der Waals surface area (Å²) in [5, 5.41) is 3.86. The van der Waals surface area contributed by atoms with Crippen LogP contribution in [0.25, 0.3) is 0 Å². The van der Waals surface area contributed by atoms with Crippen molar-refractivity contribution >= 4 is 68.4 Å². The Bertz CT molecular complexity index is 502. The smallest absolute Gasteiger partial charge is 0.227 e. The van der Waals surface area contributed by atoms with E-state index in [4.69, 9.17) is 11.6 Å². The molecule has 0 radical (unpaired) electrons. The second-order valence-corrected chi connectivity index (χ2v) is 5.82. The summed E-state index contributed by atoms with van der Waals surface area (Å²) >= 11 is 10.3. The molecule has 1 N–H and O–H groups in total. The zero-order valence-corrected chi connectivity index (χ0v) is 13.0. The fourth-order valence-corrected chi connectivity index (χ4v) is 2.37. The molecule has 0 saturated carbocycles. The average Bonchev–Trinajstić information content (AvgIpc) is 2.25. The van der Waals surface area contributed by atoms with Crippen LogP contribution in [0.4, 0.5) is 11.6 Å². The molecule has 0 aliphatic rings. The summed E-state index contributed by atoms with van der Waals surface area (Å²) < 4.78 is 2.04. The number of hydrogen-bond acceptors (Lipinski definition) is 3. The number of anilines is 2. The molecule has 6 heteroatoms. The molecular formula is C10H6ClI2N3. The number of halogens is 3. The molecule has 1 aromatic carbocycles. The summed E-state index contributed by atoms with van der Waals surface area (Å²) in [4.78, 5) is 8.34. The van der Waals surface area contributed by atoms with E-state index in [0.29, 0.717) is 5.95 Å². The van der Waals surface area contributed by atoms with E-state index in [1.807, 2.05) is 18.2 Å². The van der Waals surface area contributed by atoms with Gasteiger partial charge in [0.15, 0.2) is 0 Å². The predicted molar refractivity (Wildman–Crippen MR) is 82.2 cm³/mol. The van der Waals surface area contributed by atoms with Gasteiger partial charge < -0.3 is 5.32 Å². The van der Waals surface area contributed by atoms with Gasteiger partial charge in [-0.25, -0.2) is 9.97 Å². The van der Waals surface area contributed by atoms with Crippen LogP contribution >= 0.6 is 56.8 Å². The minimum Gasteiger partial charge on any atom is -0.323 e. The SMILES string of the molecule is Clc1ccc(Nc2ncc(I)cn2)c(I)c1. The Morgan fingerprint density at radius 3 is 2.44 bits per heavy atom. The highest BCUT2D eigenvalue weighted by atomic mass is 127. The van der Waals surface area contributed by atoms with E-state index in [-0.39, 0.29) is 0 Å². The number of aromatic nitrogens is 2. The van der Waals surface area contributed by atoms with Crippen LogP contribution in [0.1, 0.15) is 0 Å². The zero-order chi connectivity index (χ0) is 11.5. The molecule has 0 aliphatic carbocycles. The first kappa shape index (κ1) is 12.3. The van der Waals surface area contributed by atoms with Crippen LogP contribution in [0.3, 0.4) is 0 Å². The second-order valence-electron chi connectivity index (χ2n) is 2.97. The minimum atomic E-state index is 0.584. The summed E-state index contributed by atoms with van der Waals surface area (Å²) in [6, 6.07) is 5.63. The summed E-state index contributed by atoms with van der Waals surface area (Å²) in [7, 11) is 0. The molecule has 0 atom stereocenters. The number of rotatable bonds is 2. The van der Waals surface area contributed by atoms with Gasteiger partial charge in [0.25, 0.3) is 0 Å². The van der Waals surface area contributed by atoms with E-state index in [2.05, 4.69) is 60.5 Å². The highest BCUT2D eigenvalue weighted by Crippen LogP contribution is 2.24. The van der Waals surface area contributed by atoms with Crippen molar-refractivity contribution in [1.82, 2.24) is 9.97 Å². The fraction of sp³-hybridized carbons (Fsp3) is 0. The van der Waals surface area contributed by atoms with Crippen molar-refractivity contribution in [1.29, 1.82) is 0 Å². The first-order valence-electron chi connectivity index (χ1n) is 4.35. The van der Waals surface area contributed by atoms with Crippen LogP contribution in [0.15, 0.2) is 30.6 Å². The van der Waals surface area contributed by atoms with Crippen molar-refractivity contribution in [3.63, 3.8) is 0 Å². The summed E-state index contributed by atoms with van der Waals surface area (Å²) in [5.74, 6) is 0.584. The van der Waals surface area contributed by atoms with Gasteiger partial charge >= 0.3 is 0 Å². The highest BCUT2D eigenvalue weighted by Gasteiger charge is 2.02. The predicted octanol–water partition coefficient (Wildman–Crippen LogP) is 4.08. The Labute approximate surface area is 125 Å². The molecule has 0 unspecified atom stereocenters. The van der Waals surface area contributed by atoms with E-state index in [1.165, 1.54) is 0 Å². The third-order valence-electron chi connectivity index (χ3n) is 1.80. The molecule has 3 nitrogen and oxygen atoms in total. The van der Waals surface area contributed by atoms with E-state index in [1.54, 1.807) is 12.4 Å². The fourth-order valence-electron chi connectivity index (χ4n) is 1.09. The van der Waals surface area contributed by atoms with Crippen molar-refractivity contribution in [2.75, 3.05) is 5.32 Å². The molecule has 16 heavy (non-hydrogen) atoms. The van der Waals surface area contributed by atoms with Crippen LogP contribution in [0.5, 0.6) is 0 Å². The van der Waals surface area contributed by atoms with Crippen LogP contribution in [-0.4, -0.2) is 9.97 Å². The van der Waals surface area contributed by atoms with Crippen LogP contribution in [0.2, 0.25) is 5.02 Å². The molecule has 1 heterocycles. The van der Waals surface area contributed by atoms with Gasteiger partial charge in [-0.3, -0.25) is 0 Å². The van der Waals surface area contributed by atoms with Crippen molar-refractivity contribution in [3.05, 3.63) is 42.8 Å². The molecule has 2 rings (SSSR count). The van der Waals surface area contributed by atoms with Crippen molar-refractivity contribution in [2.24, 2.45) is 0 Å². The Kier molecular flexibility index (Phi) is 4.20. The van der Waals surface area contributed by atoms with Crippen molar-refractivity contribution < 1.29 is 0 Å². The molecule has 0 spiro atoms. The molecule has 0 amide bonds. The maximum Gasteiger partial charge on any atom is 0.227 e. The molecule has 0 bridgehead atoms. The molecular weight excluding hydrogens is 451 g/mol. The number of hydrogen-bond donors (Lipinski definition) is 1. The molecule has 2 aromatic rings. The lowest BCUT2D eigenvalue weighted by Crippen LogP contribution is -1.98. The number of nitrogens with one attached hydrogen (secondary N) is 1. The Hall–Kier alpha value is -0.150. The van der Waals surface area contributed by atoms with Gasteiger partial charge in [0, 0.05) is 24.6 Å². The number of benzene rings is 1. The second kappa shape index (κ2) is 5.46. The Morgan fingerprint density at radius 2 is 1.81 bits per heavy atom. The van der Waals surface area contributed by atoms with E-state index in [0.717, 1.165) is 17.9 Å². The van der Waals surface area contributed by atoms with Gasteiger partial charge in [0.1, 0.15) is 0 Å². The first-order valence-corrected chi connectivity index (χ1v) is 6.88. The van der Waals surface area contributed by atoms with Crippen molar-refractivity contribution in [2.45, 2.75) is 0 Å². The molecule has 1 aromatic heterocycles. The first-order chi connectivity index (χ1) is 7.65. The molecule has 82 valence electrons. The van der Waals surface area contributed by atoms with E-state index < -0.39 is 0 Å². The zero-order valence-electron chi connectivity index (χ0n) is 7.92. The summed E-state index contributed by atoms with van der Waals surface area (Å²) in [6.45, 7) is 0. The number of nitrogens with zero attached hydrogens (tertiary/aromatic N) is 2. The van der Waals surface area contributed by atoms with Crippen LogP contribution in [-0.2, 0) is 0 Å². The quantitative estimate of drug-likeness (QED) is 0.691. The normalized spacial score (nSPS) is 10.2. The Morgan fingerprint density at radius 1 is 1.12 bits per heavy atom. The standard InChI is InChI=1S/C10H6ClI2N3/c11-6-1-2-9(8(13)3-6)16-10-14-4-7(12)5-15-10/h1-5H,(H,14,15,16). The van der Waals surface area contributed by atoms with Gasteiger partial charge in [-0.15, -0.1) is 0 Å². The van der Waals surface area contributed by atoms with Gasteiger partial charge in [-0.1, -0.05) is 11.6 Å². The van der Waals surface area contributed by atoms with Crippen LogP contribution in [0, 0.1) is 7.14 Å². The molecule has 0 aliphatic heterocycles. The minimum absolute atomic E-state index is 0.584. The Balaban J connectivity index is 2.23.